The lowest BCUT2D eigenvalue weighted by Crippen LogP contribution is -1.98. The van der Waals surface area contributed by atoms with Crippen molar-refractivity contribution >= 4 is 17.9 Å². The standard InChI is InChI=1S/C12H14ClFO2/c1-2-16-12-8-9(5-6-11(12)14)10(13)4-3-7-15/h5-8,10H,2-4H2,1H3. The topological polar surface area (TPSA) is 26.3 Å². The van der Waals surface area contributed by atoms with Crippen molar-refractivity contribution in [3.05, 3.63) is 29.6 Å². The molecule has 1 atom stereocenters. The smallest absolute Gasteiger partial charge is 0.165 e. The molecule has 0 aliphatic rings. The van der Waals surface area contributed by atoms with E-state index in [4.69, 9.17) is 16.3 Å². The van der Waals surface area contributed by atoms with E-state index in [1.807, 2.05) is 0 Å². The Morgan fingerprint density at radius 3 is 2.94 bits per heavy atom. The predicted molar refractivity (Wildman–Crippen MR) is 61.5 cm³/mol. The van der Waals surface area contributed by atoms with E-state index in [1.165, 1.54) is 6.07 Å². The number of carbonyl (C=O) groups excluding carboxylic acids is 1. The van der Waals surface area contributed by atoms with Crippen LogP contribution in [0, 0.1) is 5.82 Å². The van der Waals surface area contributed by atoms with E-state index >= 15 is 0 Å². The zero-order valence-corrected chi connectivity index (χ0v) is 9.84. The Morgan fingerprint density at radius 2 is 2.31 bits per heavy atom. The first-order valence-corrected chi connectivity index (χ1v) is 5.62. The number of halogens is 2. The van der Waals surface area contributed by atoms with Gasteiger partial charge < -0.3 is 9.53 Å². The highest BCUT2D eigenvalue weighted by atomic mass is 35.5. The molecular formula is C12H14ClFO2. The van der Waals surface area contributed by atoms with E-state index in [1.54, 1.807) is 19.1 Å². The van der Waals surface area contributed by atoms with Gasteiger partial charge in [-0.3, -0.25) is 0 Å². The van der Waals surface area contributed by atoms with E-state index in [0.29, 0.717) is 19.4 Å². The van der Waals surface area contributed by atoms with Gasteiger partial charge >= 0.3 is 0 Å². The fraction of sp³-hybridized carbons (Fsp3) is 0.417. The van der Waals surface area contributed by atoms with Gasteiger partial charge in [0.05, 0.1) is 12.0 Å². The van der Waals surface area contributed by atoms with Crippen LogP contribution in [0.15, 0.2) is 18.2 Å². The molecule has 2 nitrogen and oxygen atoms in total. The predicted octanol–water partition coefficient (Wildman–Crippen LogP) is 3.48. The van der Waals surface area contributed by atoms with Crippen molar-refractivity contribution in [1.29, 1.82) is 0 Å². The zero-order valence-electron chi connectivity index (χ0n) is 9.08. The number of benzene rings is 1. The molecule has 0 bridgehead atoms. The van der Waals surface area contributed by atoms with E-state index < -0.39 is 5.82 Å². The van der Waals surface area contributed by atoms with Crippen molar-refractivity contribution < 1.29 is 13.9 Å². The van der Waals surface area contributed by atoms with Crippen molar-refractivity contribution in [3.63, 3.8) is 0 Å². The van der Waals surface area contributed by atoms with Gasteiger partial charge in [-0.1, -0.05) is 6.07 Å². The maximum atomic E-state index is 13.2. The minimum atomic E-state index is -0.398. The highest BCUT2D eigenvalue weighted by molar-refractivity contribution is 6.20. The second-order valence-electron chi connectivity index (χ2n) is 3.33. The van der Waals surface area contributed by atoms with Gasteiger partial charge in [0.2, 0.25) is 0 Å². The Balaban J connectivity index is 2.80. The number of carbonyl (C=O) groups is 1. The Hall–Kier alpha value is -1.09. The molecule has 0 fully saturated rings. The van der Waals surface area contributed by atoms with Gasteiger partial charge in [0.25, 0.3) is 0 Å². The first-order chi connectivity index (χ1) is 7.69. The lowest BCUT2D eigenvalue weighted by atomic mass is 10.1. The molecule has 1 aromatic rings. The Morgan fingerprint density at radius 1 is 1.56 bits per heavy atom. The minimum Gasteiger partial charge on any atom is -0.491 e. The number of rotatable bonds is 6. The van der Waals surface area contributed by atoms with E-state index in [2.05, 4.69) is 0 Å². The lowest BCUT2D eigenvalue weighted by Gasteiger charge is -2.11. The molecule has 0 aliphatic carbocycles. The van der Waals surface area contributed by atoms with Crippen molar-refractivity contribution in [2.75, 3.05) is 6.61 Å². The van der Waals surface area contributed by atoms with Gasteiger partial charge in [0, 0.05) is 6.42 Å². The molecule has 1 aromatic carbocycles. The molecule has 0 aliphatic heterocycles. The summed E-state index contributed by atoms with van der Waals surface area (Å²) in [5.41, 5.74) is 0.772. The van der Waals surface area contributed by atoms with Crippen LogP contribution in [-0.4, -0.2) is 12.9 Å². The average Bonchev–Trinajstić information content (AvgIpc) is 2.29. The van der Waals surface area contributed by atoms with E-state index in [9.17, 15) is 9.18 Å². The minimum absolute atomic E-state index is 0.205. The molecule has 1 rings (SSSR count). The third-order valence-electron chi connectivity index (χ3n) is 2.15. The summed E-state index contributed by atoms with van der Waals surface area (Å²) in [6.45, 7) is 2.19. The van der Waals surface area contributed by atoms with Gasteiger partial charge in [0.1, 0.15) is 6.29 Å². The molecule has 88 valence electrons. The van der Waals surface area contributed by atoms with Crippen molar-refractivity contribution in [2.45, 2.75) is 25.1 Å². The summed E-state index contributed by atoms with van der Waals surface area (Å²) in [5, 5.41) is -0.287. The summed E-state index contributed by atoms with van der Waals surface area (Å²) in [7, 11) is 0. The molecule has 0 radical (unpaired) electrons. The second-order valence-corrected chi connectivity index (χ2v) is 3.86. The summed E-state index contributed by atoms with van der Waals surface area (Å²) in [5.74, 6) is -0.193. The lowest BCUT2D eigenvalue weighted by molar-refractivity contribution is -0.107. The SMILES string of the molecule is CCOc1cc(C(Cl)CCC=O)ccc1F. The van der Waals surface area contributed by atoms with Crippen LogP contribution >= 0.6 is 11.6 Å². The largest absolute Gasteiger partial charge is 0.491 e. The summed E-state index contributed by atoms with van der Waals surface area (Å²) in [4.78, 5) is 10.2. The Bertz CT molecular complexity index is 355. The quantitative estimate of drug-likeness (QED) is 0.566. The molecule has 4 heteroatoms. The van der Waals surface area contributed by atoms with E-state index in [-0.39, 0.29) is 11.1 Å². The molecule has 0 saturated carbocycles. The summed E-state index contributed by atoms with van der Waals surface area (Å²) in [6.07, 6.45) is 1.76. The van der Waals surface area contributed by atoms with Gasteiger partial charge in [0.15, 0.2) is 11.6 Å². The Labute approximate surface area is 99.4 Å². The van der Waals surface area contributed by atoms with Gasteiger partial charge in [-0.25, -0.2) is 4.39 Å². The molecule has 1 unspecified atom stereocenters. The Kier molecular flexibility index (Phi) is 5.26. The number of hydrogen-bond acceptors (Lipinski definition) is 2. The van der Waals surface area contributed by atoms with Gasteiger partial charge in [-0.2, -0.15) is 0 Å². The number of hydrogen-bond donors (Lipinski definition) is 0. The molecule has 0 amide bonds. The summed E-state index contributed by atoms with van der Waals surface area (Å²) >= 11 is 6.07. The van der Waals surface area contributed by atoms with Crippen LogP contribution in [0.2, 0.25) is 0 Å². The summed E-state index contributed by atoms with van der Waals surface area (Å²) < 4.78 is 18.4. The van der Waals surface area contributed by atoms with Crippen molar-refractivity contribution in [2.24, 2.45) is 0 Å². The molecule has 0 heterocycles. The van der Waals surface area contributed by atoms with Crippen molar-refractivity contribution in [1.82, 2.24) is 0 Å². The third kappa shape index (κ3) is 3.49. The zero-order chi connectivity index (χ0) is 12.0. The maximum absolute atomic E-state index is 13.2. The van der Waals surface area contributed by atoms with Gasteiger partial charge in [-0.05, 0) is 31.0 Å². The monoisotopic (exact) mass is 244 g/mol. The number of alkyl halides is 1. The molecule has 0 spiro atoms. The van der Waals surface area contributed by atoms with Gasteiger partial charge in [-0.15, -0.1) is 11.6 Å². The van der Waals surface area contributed by atoms with Crippen LogP contribution in [0.1, 0.15) is 30.7 Å². The van der Waals surface area contributed by atoms with Crippen LogP contribution in [-0.2, 0) is 4.79 Å². The average molecular weight is 245 g/mol. The summed E-state index contributed by atoms with van der Waals surface area (Å²) in [6, 6.07) is 4.53. The number of aldehydes is 1. The van der Waals surface area contributed by atoms with Crippen LogP contribution in [0.5, 0.6) is 5.75 Å². The van der Waals surface area contributed by atoms with Crippen LogP contribution in [0.25, 0.3) is 0 Å². The molecule has 0 saturated heterocycles. The molecule has 0 N–H and O–H groups in total. The molecule has 0 aromatic heterocycles. The fourth-order valence-corrected chi connectivity index (χ4v) is 1.62. The highest BCUT2D eigenvalue weighted by Gasteiger charge is 2.11. The van der Waals surface area contributed by atoms with Crippen molar-refractivity contribution in [3.8, 4) is 5.75 Å². The first kappa shape index (κ1) is 13.0. The number of ether oxygens (including phenoxy) is 1. The third-order valence-corrected chi connectivity index (χ3v) is 2.62. The van der Waals surface area contributed by atoms with E-state index in [0.717, 1.165) is 11.8 Å². The second kappa shape index (κ2) is 6.48. The van der Waals surface area contributed by atoms with Crippen LogP contribution in [0.4, 0.5) is 4.39 Å². The molecular weight excluding hydrogens is 231 g/mol. The normalized spacial score (nSPS) is 12.2. The van der Waals surface area contributed by atoms with Crippen LogP contribution < -0.4 is 4.74 Å². The molecule has 16 heavy (non-hydrogen) atoms. The maximum Gasteiger partial charge on any atom is 0.165 e. The highest BCUT2D eigenvalue weighted by Crippen LogP contribution is 2.29. The van der Waals surface area contributed by atoms with Crippen LogP contribution in [0.3, 0.4) is 0 Å². The fourth-order valence-electron chi connectivity index (χ4n) is 1.36. The first-order valence-electron chi connectivity index (χ1n) is 5.19.